The van der Waals surface area contributed by atoms with Crippen molar-refractivity contribution in [3.8, 4) is 11.4 Å². The highest BCUT2D eigenvalue weighted by Crippen LogP contribution is 2.39. The molecule has 2 aromatic carbocycles. The van der Waals surface area contributed by atoms with E-state index < -0.39 is 0 Å². The number of nitrogens with one attached hydrogen (secondary N) is 2. The van der Waals surface area contributed by atoms with Crippen LogP contribution in [0.2, 0.25) is 5.02 Å². The number of amides is 2. The lowest BCUT2D eigenvalue weighted by Gasteiger charge is -2.32. The average molecular weight is 752 g/mol. The van der Waals surface area contributed by atoms with Crippen LogP contribution in [0.15, 0.2) is 66.9 Å². The van der Waals surface area contributed by atoms with E-state index in [1.807, 2.05) is 57.7 Å². The van der Waals surface area contributed by atoms with Gasteiger partial charge in [-0.3, -0.25) is 14.6 Å². The van der Waals surface area contributed by atoms with Gasteiger partial charge in [0.15, 0.2) is 5.65 Å². The largest absolute Gasteiger partial charge is 0.484 e. The average Bonchev–Trinajstić information content (AvgIpc) is 3.81. The highest BCUT2D eigenvalue weighted by Gasteiger charge is 2.30. The number of morpholine rings is 1. The molecule has 2 saturated heterocycles. The number of anilines is 2. The summed E-state index contributed by atoms with van der Waals surface area (Å²) in [6, 6.07) is 19.6. The number of carbonyl (C=O) groups is 1. The SMILES string of the molecule is CC(C)(C)c1cc(NC(=O)N[C@H]2CC[C@@H](Oc3ccc4nnc(N5CCCCC5)n4c3)c3ccccc32)n(-c2ccc(Cl)c(CCN3CCOCC3)c2)n1. The van der Waals surface area contributed by atoms with Crippen LogP contribution in [-0.2, 0) is 16.6 Å². The topological polar surface area (TPSA) is 114 Å². The fraction of sp³-hybridized carbons (Fsp3) is 0.463. The van der Waals surface area contributed by atoms with Gasteiger partial charge in [0.2, 0.25) is 5.95 Å². The second kappa shape index (κ2) is 15.6. The van der Waals surface area contributed by atoms with Crippen LogP contribution >= 0.6 is 11.6 Å². The molecule has 13 heteroatoms. The van der Waals surface area contributed by atoms with E-state index in [9.17, 15) is 4.79 Å². The number of benzene rings is 2. The van der Waals surface area contributed by atoms with Gasteiger partial charge in [-0.25, -0.2) is 9.48 Å². The van der Waals surface area contributed by atoms with E-state index >= 15 is 0 Å². The number of nitrogens with zero attached hydrogens (tertiary/aromatic N) is 7. The Hall–Kier alpha value is -4.65. The Bertz CT molecular complexity index is 2090. The Morgan fingerprint density at radius 3 is 2.54 bits per heavy atom. The van der Waals surface area contributed by atoms with E-state index in [0.717, 1.165) is 128 Å². The number of urea groups is 1. The van der Waals surface area contributed by atoms with Gasteiger partial charge in [0, 0.05) is 49.2 Å². The lowest BCUT2D eigenvalue weighted by molar-refractivity contribution is 0.0384. The summed E-state index contributed by atoms with van der Waals surface area (Å²) < 4.78 is 16.0. The molecule has 3 aliphatic rings. The molecule has 3 aromatic heterocycles. The number of halogens is 1. The lowest BCUT2D eigenvalue weighted by Crippen LogP contribution is -2.37. The molecule has 0 bridgehead atoms. The second-order valence-corrected chi connectivity index (χ2v) is 16.1. The predicted molar refractivity (Wildman–Crippen MR) is 211 cm³/mol. The van der Waals surface area contributed by atoms with Crippen molar-refractivity contribution in [2.75, 3.05) is 56.2 Å². The van der Waals surface area contributed by atoms with E-state index in [4.69, 9.17) is 26.2 Å². The monoisotopic (exact) mass is 751 g/mol. The van der Waals surface area contributed by atoms with Crippen LogP contribution in [0, 0.1) is 0 Å². The molecule has 2 atom stereocenters. The molecule has 2 aliphatic heterocycles. The van der Waals surface area contributed by atoms with Crippen LogP contribution in [0.3, 0.4) is 0 Å². The zero-order valence-electron chi connectivity index (χ0n) is 31.4. The zero-order chi connectivity index (χ0) is 37.2. The first kappa shape index (κ1) is 36.3. The van der Waals surface area contributed by atoms with E-state index in [0.29, 0.717) is 5.82 Å². The Balaban J connectivity index is 0.981. The molecule has 1 aliphatic carbocycles. The van der Waals surface area contributed by atoms with Crippen molar-refractivity contribution in [1.82, 2.24) is 34.6 Å². The first-order valence-corrected chi connectivity index (χ1v) is 19.7. The molecule has 0 spiro atoms. The summed E-state index contributed by atoms with van der Waals surface area (Å²) >= 11 is 6.69. The van der Waals surface area contributed by atoms with E-state index in [-0.39, 0.29) is 23.6 Å². The summed E-state index contributed by atoms with van der Waals surface area (Å²) in [7, 11) is 0. The lowest BCUT2D eigenvalue weighted by atomic mass is 9.85. The van der Waals surface area contributed by atoms with Gasteiger partial charge in [0.25, 0.3) is 0 Å². The maximum atomic E-state index is 13.8. The normalized spacial score (nSPS) is 19.4. The van der Waals surface area contributed by atoms with E-state index in [2.05, 4.69) is 69.6 Å². The molecule has 0 radical (unpaired) electrons. The Kier molecular flexibility index (Phi) is 10.5. The van der Waals surface area contributed by atoms with Gasteiger partial charge in [-0.05, 0) is 85.5 Å². The quantitative estimate of drug-likeness (QED) is 0.159. The molecule has 54 heavy (non-hydrogen) atoms. The number of hydrogen-bond acceptors (Lipinski definition) is 8. The minimum atomic E-state index is -0.291. The number of pyridine rings is 1. The Morgan fingerprint density at radius 1 is 0.944 bits per heavy atom. The predicted octanol–water partition coefficient (Wildman–Crippen LogP) is 7.51. The molecular formula is C41H50ClN9O3. The molecule has 2 N–H and O–H groups in total. The molecule has 284 valence electrons. The second-order valence-electron chi connectivity index (χ2n) is 15.7. The summed E-state index contributed by atoms with van der Waals surface area (Å²) in [5.74, 6) is 2.22. The third kappa shape index (κ3) is 7.92. The van der Waals surface area contributed by atoms with Gasteiger partial charge < -0.3 is 19.7 Å². The highest BCUT2D eigenvalue weighted by atomic mass is 35.5. The van der Waals surface area contributed by atoms with Gasteiger partial charge in [0.05, 0.1) is 36.8 Å². The van der Waals surface area contributed by atoms with Crippen LogP contribution in [0.25, 0.3) is 11.3 Å². The fourth-order valence-corrected chi connectivity index (χ4v) is 7.97. The third-order valence-corrected chi connectivity index (χ3v) is 11.2. The standard InChI is InChI=1S/C41H50ClN9O3/c1-41(2,3)36-26-38(51(47-36)29-11-13-33(42)28(25-29)17-20-48-21-23-53-24-22-48)44-39(52)43-34-14-15-35(32-10-6-5-9-31(32)34)54-30-12-16-37-45-46-40(50(37)27-30)49-18-7-4-8-19-49/h5-6,9-13,16,25-27,34-35H,4,7-8,14-15,17-24H2,1-3H3,(H2,43,44,52)/t34-,35+/m0/s1. The van der Waals surface area contributed by atoms with Crippen molar-refractivity contribution in [3.05, 3.63) is 94.3 Å². The van der Waals surface area contributed by atoms with Gasteiger partial charge in [0.1, 0.15) is 17.7 Å². The van der Waals surface area contributed by atoms with Crippen molar-refractivity contribution in [3.63, 3.8) is 0 Å². The van der Waals surface area contributed by atoms with Gasteiger partial charge >= 0.3 is 6.03 Å². The van der Waals surface area contributed by atoms with Crippen LogP contribution < -0.4 is 20.3 Å². The summed E-state index contributed by atoms with van der Waals surface area (Å²) in [6.07, 6.45) is 7.70. The summed E-state index contributed by atoms with van der Waals surface area (Å²) in [4.78, 5) is 18.5. The molecule has 2 fully saturated rings. The van der Waals surface area contributed by atoms with Crippen LogP contribution in [0.1, 0.15) is 87.4 Å². The molecule has 2 amide bonds. The van der Waals surface area contributed by atoms with Crippen LogP contribution in [0.5, 0.6) is 5.75 Å². The van der Waals surface area contributed by atoms with E-state index in [1.54, 1.807) is 0 Å². The zero-order valence-corrected chi connectivity index (χ0v) is 32.2. The molecular weight excluding hydrogens is 702 g/mol. The van der Waals surface area contributed by atoms with Crippen molar-refractivity contribution in [2.45, 2.75) is 76.9 Å². The highest BCUT2D eigenvalue weighted by molar-refractivity contribution is 6.31. The van der Waals surface area contributed by atoms with Crippen LogP contribution in [-0.4, -0.2) is 81.2 Å². The minimum Gasteiger partial charge on any atom is -0.484 e. The van der Waals surface area contributed by atoms with Gasteiger partial charge in [-0.2, -0.15) is 5.10 Å². The van der Waals surface area contributed by atoms with Crippen molar-refractivity contribution >= 4 is 35.0 Å². The van der Waals surface area contributed by atoms with E-state index in [1.165, 1.54) is 6.42 Å². The molecule has 8 rings (SSSR count). The number of hydrogen-bond donors (Lipinski definition) is 2. The summed E-state index contributed by atoms with van der Waals surface area (Å²) in [5, 5.41) is 21.0. The maximum absolute atomic E-state index is 13.8. The molecule has 0 unspecified atom stereocenters. The van der Waals surface area contributed by atoms with Gasteiger partial charge in [-0.15, -0.1) is 10.2 Å². The number of carbonyl (C=O) groups excluding carboxylic acids is 1. The number of piperidine rings is 1. The summed E-state index contributed by atoms with van der Waals surface area (Å²) in [5.41, 5.74) is 5.46. The number of ether oxygens (including phenoxy) is 2. The molecule has 5 heterocycles. The Morgan fingerprint density at radius 2 is 1.74 bits per heavy atom. The number of rotatable bonds is 9. The Labute approximate surface area is 321 Å². The molecule has 0 saturated carbocycles. The minimum absolute atomic E-state index is 0.159. The third-order valence-electron chi connectivity index (χ3n) is 10.8. The van der Waals surface area contributed by atoms with Crippen LogP contribution in [0.4, 0.5) is 16.6 Å². The molecule has 12 nitrogen and oxygen atoms in total. The van der Waals surface area contributed by atoms with Crippen molar-refractivity contribution in [2.24, 2.45) is 0 Å². The molecule has 5 aromatic rings. The van der Waals surface area contributed by atoms with Crippen molar-refractivity contribution in [1.29, 1.82) is 0 Å². The number of fused-ring (bicyclic) bond motifs is 2. The van der Waals surface area contributed by atoms with Crippen molar-refractivity contribution < 1.29 is 14.3 Å². The maximum Gasteiger partial charge on any atom is 0.320 e. The summed E-state index contributed by atoms with van der Waals surface area (Å²) in [6.45, 7) is 12.6. The fourth-order valence-electron chi connectivity index (χ4n) is 7.76. The number of aromatic nitrogens is 5. The first-order valence-electron chi connectivity index (χ1n) is 19.3. The smallest absolute Gasteiger partial charge is 0.320 e. The first-order chi connectivity index (χ1) is 26.2. The van der Waals surface area contributed by atoms with Gasteiger partial charge in [-0.1, -0.05) is 56.6 Å².